The van der Waals surface area contributed by atoms with Crippen LogP contribution in [0.2, 0.25) is 0 Å². The van der Waals surface area contributed by atoms with Crippen LogP contribution in [0.5, 0.6) is 0 Å². The molecule has 0 rings (SSSR count). The maximum Gasteiger partial charge on any atom is 0.306 e. The number of hydrogen-bond donors (Lipinski definition) is 1. The Morgan fingerprint density at radius 1 is 0.885 bits per heavy atom. The Morgan fingerprint density at radius 2 is 1.42 bits per heavy atom. The zero-order chi connectivity index (χ0) is 19.7. The number of hydrogen-bond acceptors (Lipinski definition) is 3. The molecular weight excluding hydrogens is 324 g/mol. The van der Waals surface area contributed by atoms with E-state index in [1.807, 2.05) is 6.92 Å². The molecule has 1 unspecified atom stereocenters. The lowest BCUT2D eigenvalue weighted by Gasteiger charge is -2.31. The van der Waals surface area contributed by atoms with Crippen LogP contribution >= 0.6 is 0 Å². The number of aliphatic hydroxyl groups is 1. The second kappa shape index (κ2) is 16.6. The molecule has 2 atom stereocenters. The highest BCUT2D eigenvalue weighted by Crippen LogP contribution is 2.37. The third kappa shape index (κ3) is 13.6. The van der Waals surface area contributed by atoms with Gasteiger partial charge in [-0.15, -0.1) is 0 Å². The second-order valence-corrected chi connectivity index (χ2v) is 8.38. The van der Waals surface area contributed by atoms with Crippen molar-refractivity contribution < 1.29 is 14.6 Å². The largest absolute Gasteiger partial charge is 0.466 e. The van der Waals surface area contributed by atoms with Gasteiger partial charge in [0, 0.05) is 6.61 Å². The maximum atomic E-state index is 11.7. The van der Waals surface area contributed by atoms with E-state index < -0.39 is 0 Å². The van der Waals surface area contributed by atoms with Crippen molar-refractivity contribution in [2.75, 3.05) is 13.2 Å². The Morgan fingerprint density at radius 3 is 1.92 bits per heavy atom. The van der Waals surface area contributed by atoms with Gasteiger partial charge in [-0.05, 0) is 43.9 Å². The van der Waals surface area contributed by atoms with E-state index in [-0.39, 0.29) is 18.5 Å². The van der Waals surface area contributed by atoms with Crippen molar-refractivity contribution in [1.82, 2.24) is 0 Å². The first-order valence-corrected chi connectivity index (χ1v) is 11.3. The highest BCUT2D eigenvalue weighted by molar-refractivity contribution is 5.69. The zero-order valence-corrected chi connectivity index (χ0v) is 18.2. The summed E-state index contributed by atoms with van der Waals surface area (Å²) in [6.07, 6.45) is 16.8. The van der Waals surface area contributed by atoms with Crippen LogP contribution in [-0.2, 0) is 9.53 Å². The summed E-state index contributed by atoms with van der Waals surface area (Å²) >= 11 is 0. The Balaban J connectivity index is 4.47. The molecule has 1 N–H and O–H groups in total. The Kier molecular flexibility index (Phi) is 16.2. The normalized spacial score (nSPS) is 14.8. The van der Waals surface area contributed by atoms with Crippen LogP contribution in [0.15, 0.2) is 0 Å². The average molecular weight is 371 g/mol. The third-order valence-electron chi connectivity index (χ3n) is 5.69. The molecule has 0 aliphatic carbocycles. The van der Waals surface area contributed by atoms with Crippen molar-refractivity contribution in [2.24, 2.45) is 11.3 Å². The van der Waals surface area contributed by atoms with Crippen molar-refractivity contribution in [2.45, 2.75) is 118 Å². The lowest BCUT2D eigenvalue weighted by Crippen LogP contribution is -2.21. The number of unbranched alkanes of at least 4 members (excludes halogenated alkanes) is 7. The lowest BCUT2D eigenvalue weighted by atomic mass is 9.74. The highest BCUT2D eigenvalue weighted by atomic mass is 16.5. The standard InChI is InChI=1S/C23H46O3/c1-5-8-10-12-14-17-23(4,16-13-11-9-6-2)18-15-21(20-24)19-22(25)26-7-3/h21,24H,5-20H2,1-4H3/t21-,23?/m0/s1. The number of rotatable bonds is 18. The Labute approximate surface area is 163 Å². The molecule has 0 saturated carbocycles. The molecule has 0 bridgehead atoms. The molecule has 0 aliphatic rings. The highest BCUT2D eigenvalue weighted by Gasteiger charge is 2.25. The van der Waals surface area contributed by atoms with Crippen LogP contribution in [-0.4, -0.2) is 24.3 Å². The van der Waals surface area contributed by atoms with Gasteiger partial charge in [0.25, 0.3) is 0 Å². The molecule has 0 aromatic heterocycles. The Hall–Kier alpha value is -0.570. The van der Waals surface area contributed by atoms with Gasteiger partial charge in [0.1, 0.15) is 0 Å². The summed E-state index contributed by atoms with van der Waals surface area (Å²) in [5.74, 6) is -0.125. The number of carbonyl (C=O) groups excluding carboxylic acids is 1. The predicted octanol–water partition coefficient (Wildman–Crippen LogP) is 6.67. The summed E-state index contributed by atoms with van der Waals surface area (Å²) in [4.78, 5) is 11.7. The van der Waals surface area contributed by atoms with Crippen molar-refractivity contribution in [1.29, 1.82) is 0 Å². The fourth-order valence-electron chi connectivity index (χ4n) is 3.77. The van der Waals surface area contributed by atoms with E-state index >= 15 is 0 Å². The smallest absolute Gasteiger partial charge is 0.306 e. The fourth-order valence-corrected chi connectivity index (χ4v) is 3.77. The number of ether oxygens (including phenoxy) is 1. The summed E-state index contributed by atoms with van der Waals surface area (Å²) in [5, 5.41) is 9.65. The summed E-state index contributed by atoms with van der Waals surface area (Å²) in [6, 6.07) is 0. The van der Waals surface area contributed by atoms with Gasteiger partial charge in [-0.3, -0.25) is 4.79 Å². The SMILES string of the molecule is CCCCCCCC(C)(CCCCCC)CC[C@H](CO)CC(=O)OCC. The first-order chi connectivity index (χ1) is 12.5. The van der Waals surface area contributed by atoms with Gasteiger partial charge in [0.15, 0.2) is 0 Å². The molecule has 3 nitrogen and oxygen atoms in total. The minimum absolute atomic E-state index is 0.0455. The predicted molar refractivity (Wildman–Crippen MR) is 111 cm³/mol. The molecule has 3 heteroatoms. The van der Waals surface area contributed by atoms with Crippen LogP contribution in [0.3, 0.4) is 0 Å². The topological polar surface area (TPSA) is 46.5 Å². The first-order valence-electron chi connectivity index (χ1n) is 11.3. The van der Waals surface area contributed by atoms with E-state index in [0.717, 1.165) is 12.8 Å². The second-order valence-electron chi connectivity index (χ2n) is 8.38. The van der Waals surface area contributed by atoms with Crippen LogP contribution in [0.25, 0.3) is 0 Å². The van der Waals surface area contributed by atoms with Crippen LogP contribution in [0.4, 0.5) is 0 Å². The molecular formula is C23H46O3. The molecule has 0 radical (unpaired) electrons. The quantitative estimate of drug-likeness (QED) is 0.216. The minimum atomic E-state index is -0.171. The average Bonchev–Trinajstić information content (AvgIpc) is 2.62. The van der Waals surface area contributed by atoms with Gasteiger partial charge in [0.2, 0.25) is 0 Å². The number of aliphatic hydroxyl groups excluding tert-OH is 1. The molecule has 0 amide bonds. The van der Waals surface area contributed by atoms with Crippen LogP contribution in [0.1, 0.15) is 118 Å². The van der Waals surface area contributed by atoms with E-state index in [1.165, 1.54) is 70.6 Å². The van der Waals surface area contributed by atoms with Gasteiger partial charge in [-0.2, -0.15) is 0 Å². The van der Waals surface area contributed by atoms with Gasteiger partial charge < -0.3 is 9.84 Å². The molecule has 0 fully saturated rings. The molecule has 26 heavy (non-hydrogen) atoms. The lowest BCUT2D eigenvalue weighted by molar-refractivity contribution is -0.144. The van der Waals surface area contributed by atoms with Crippen LogP contribution in [0, 0.1) is 11.3 Å². The van der Waals surface area contributed by atoms with Crippen molar-refractivity contribution >= 4 is 5.97 Å². The molecule has 0 aliphatic heterocycles. The van der Waals surface area contributed by atoms with E-state index in [2.05, 4.69) is 20.8 Å². The number of carbonyl (C=O) groups is 1. The minimum Gasteiger partial charge on any atom is -0.466 e. The van der Waals surface area contributed by atoms with Gasteiger partial charge in [-0.1, -0.05) is 78.6 Å². The third-order valence-corrected chi connectivity index (χ3v) is 5.69. The molecule has 156 valence electrons. The monoisotopic (exact) mass is 370 g/mol. The Bertz CT molecular complexity index is 329. The van der Waals surface area contributed by atoms with Gasteiger partial charge >= 0.3 is 5.97 Å². The van der Waals surface area contributed by atoms with E-state index in [9.17, 15) is 9.90 Å². The van der Waals surface area contributed by atoms with E-state index in [4.69, 9.17) is 4.74 Å². The molecule has 0 saturated heterocycles. The maximum absolute atomic E-state index is 11.7. The van der Waals surface area contributed by atoms with Crippen molar-refractivity contribution in [3.05, 3.63) is 0 Å². The summed E-state index contributed by atoms with van der Waals surface area (Å²) < 4.78 is 5.05. The molecule has 0 spiro atoms. The molecule has 0 aromatic carbocycles. The fraction of sp³-hybridized carbons (Fsp3) is 0.957. The van der Waals surface area contributed by atoms with Crippen molar-refractivity contribution in [3.8, 4) is 0 Å². The first kappa shape index (κ1) is 25.4. The van der Waals surface area contributed by atoms with Gasteiger partial charge in [-0.25, -0.2) is 0 Å². The van der Waals surface area contributed by atoms with Gasteiger partial charge in [0.05, 0.1) is 13.0 Å². The molecule has 0 aromatic rings. The summed E-state index contributed by atoms with van der Waals surface area (Å²) in [5.41, 5.74) is 0.349. The van der Waals surface area contributed by atoms with E-state index in [1.54, 1.807) is 0 Å². The van der Waals surface area contributed by atoms with E-state index in [0.29, 0.717) is 18.4 Å². The van der Waals surface area contributed by atoms with Crippen LogP contribution < -0.4 is 0 Å². The zero-order valence-electron chi connectivity index (χ0n) is 18.2. The summed E-state index contributed by atoms with van der Waals surface area (Å²) in [7, 11) is 0. The summed E-state index contributed by atoms with van der Waals surface area (Å²) in [6.45, 7) is 9.28. The van der Waals surface area contributed by atoms with Crippen molar-refractivity contribution in [3.63, 3.8) is 0 Å². The molecule has 0 heterocycles. The number of esters is 1.